The third-order valence-electron chi connectivity index (χ3n) is 3.72. The molecule has 0 bridgehead atoms. The summed E-state index contributed by atoms with van der Waals surface area (Å²) >= 11 is 1.51. The zero-order valence-corrected chi connectivity index (χ0v) is 14.5. The highest BCUT2D eigenvalue weighted by Crippen LogP contribution is 2.25. The minimum absolute atomic E-state index is 0.00862. The second-order valence-corrected chi connectivity index (χ2v) is 8.56. The molecule has 21 heavy (non-hydrogen) atoms. The molecule has 6 heteroatoms. The first-order valence-electron chi connectivity index (χ1n) is 7.85. The molecule has 1 aromatic rings. The van der Waals surface area contributed by atoms with Crippen LogP contribution in [0.4, 0.5) is 0 Å². The van der Waals surface area contributed by atoms with Crippen LogP contribution in [0.1, 0.15) is 57.2 Å². The SMILES string of the molecule is CCCCCC(C)NS(=O)(=O)c1ccsc1CNC1CC1. The van der Waals surface area contributed by atoms with Crippen LogP contribution in [-0.4, -0.2) is 20.5 Å². The molecule has 1 fully saturated rings. The lowest BCUT2D eigenvalue weighted by molar-refractivity contribution is 0.526. The lowest BCUT2D eigenvalue weighted by Crippen LogP contribution is -2.33. The summed E-state index contributed by atoms with van der Waals surface area (Å²) in [5.41, 5.74) is 0. The van der Waals surface area contributed by atoms with E-state index < -0.39 is 10.0 Å². The van der Waals surface area contributed by atoms with E-state index in [1.54, 1.807) is 6.07 Å². The van der Waals surface area contributed by atoms with Gasteiger partial charge in [0.2, 0.25) is 10.0 Å². The quantitative estimate of drug-likeness (QED) is 0.648. The molecule has 1 aliphatic rings. The molecule has 2 N–H and O–H groups in total. The van der Waals surface area contributed by atoms with Crippen molar-refractivity contribution in [3.8, 4) is 0 Å². The van der Waals surface area contributed by atoms with E-state index in [0.717, 1.165) is 30.6 Å². The third-order valence-corrected chi connectivity index (χ3v) is 6.44. The summed E-state index contributed by atoms with van der Waals surface area (Å²) in [4.78, 5) is 1.36. The van der Waals surface area contributed by atoms with Crippen molar-refractivity contribution in [1.29, 1.82) is 0 Å². The zero-order valence-electron chi connectivity index (χ0n) is 12.9. The lowest BCUT2D eigenvalue weighted by Gasteiger charge is -2.14. The van der Waals surface area contributed by atoms with Crippen LogP contribution in [0, 0.1) is 0 Å². The fourth-order valence-electron chi connectivity index (χ4n) is 2.31. The predicted molar refractivity (Wildman–Crippen MR) is 88.1 cm³/mol. The van der Waals surface area contributed by atoms with Gasteiger partial charge in [-0.15, -0.1) is 11.3 Å². The standard InChI is InChI=1S/C15H26N2O2S2/c1-3-4-5-6-12(2)17-21(18,19)15-9-10-20-14(15)11-16-13-7-8-13/h9-10,12-13,16-17H,3-8,11H2,1-2H3. The first-order valence-corrected chi connectivity index (χ1v) is 10.2. The number of sulfonamides is 1. The monoisotopic (exact) mass is 330 g/mol. The Hall–Kier alpha value is -0.430. The van der Waals surface area contributed by atoms with Crippen molar-refractivity contribution in [2.75, 3.05) is 0 Å². The number of hydrogen-bond donors (Lipinski definition) is 2. The Bertz CT molecular complexity index is 536. The Morgan fingerprint density at radius 2 is 2.14 bits per heavy atom. The van der Waals surface area contributed by atoms with Crippen LogP contribution < -0.4 is 10.0 Å². The first kappa shape index (κ1) is 16.9. The van der Waals surface area contributed by atoms with Gasteiger partial charge in [0.1, 0.15) is 0 Å². The van der Waals surface area contributed by atoms with E-state index in [2.05, 4.69) is 17.0 Å². The molecule has 1 unspecified atom stereocenters. The Morgan fingerprint density at radius 1 is 1.38 bits per heavy atom. The van der Waals surface area contributed by atoms with Crippen LogP contribution in [0.15, 0.2) is 16.3 Å². The van der Waals surface area contributed by atoms with Gasteiger partial charge in [-0.3, -0.25) is 0 Å². The molecule has 0 spiro atoms. The number of rotatable bonds is 10. The van der Waals surface area contributed by atoms with Crippen LogP contribution in [0.3, 0.4) is 0 Å². The average molecular weight is 331 g/mol. The van der Waals surface area contributed by atoms with Crippen LogP contribution in [0.25, 0.3) is 0 Å². The molecule has 2 rings (SSSR count). The second kappa shape index (κ2) is 7.72. The van der Waals surface area contributed by atoms with E-state index in [1.807, 2.05) is 12.3 Å². The van der Waals surface area contributed by atoms with Gasteiger partial charge in [-0.2, -0.15) is 0 Å². The van der Waals surface area contributed by atoms with E-state index in [9.17, 15) is 8.42 Å². The van der Waals surface area contributed by atoms with Gasteiger partial charge >= 0.3 is 0 Å². The number of thiophene rings is 1. The summed E-state index contributed by atoms with van der Waals surface area (Å²) in [6.07, 6.45) is 6.69. The molecular weight excluding hydrogens is 304 g/mol. The Kier molecular flexibility index (Phi) is 6.22. The van der Waals surface area contributed by atoms with Crippen LogP contribution >= 0.6 is 11.3 Å². The lowest BCUT2D eigenvalue weighted by atomic mass is 10.1. The van der Waals surface area contributed by atoms with E-state index in [-0.39, 0.29) is 6.04 Å². The maximum atomic E-state index is 12.5. The highest BCUT2D eigenvalue weighted by Gasteiger charge is 2.24. The molecule has 0 saturated heterocycles. The molecule has 0 aromatic carbocycles. The fourth-order valence-corrected chi connectivity index (χ4v) is 4.98. The summed E-state index contributed by atoms with van der Waals surface area (Å²) in [5.74, 6) is 0. The van der Waals surface area contributed by atoms with Crippen LogP contribution in [-0.2, 0) is 16.6 Å². The van der Waals surface area contributed by atoms with Gasteiger partial charge in [0.25, 0.3) is 0 Å². The molecule has 1 aromatic heterocycles. The molecule has 4 nitrogen and oxygen atoms in total. The van der Waals surface area contributed by atoms with E-state index in [4.69, 9.17) is 0 Å². The van der Waals surface area contributed by atoms with Gasteiger partial charge in [-0.05, 0) is 37.6 Å². The minimum Gasteiger partial charge on any atom is -0.309 e. The molecule has 1 saturated carbocycles. The maximum absolute atomic E-state index is 12.5. The van der Waals surface area contributed by atoms with E-state index in [1.165, 1.54) is 24.2 Å². The van der Waals surface area contributed by atoms with Gasteiger partial charge in [0.05, 0.1) is 4.90 Å². The maximum Gasteiger partial charge on any atom is 0.241 e. The molecule has 1 aliphatic carbocycles. The zero-order chi connectivity index (χ0) is 15.3. The van der Waals surface area contributed by atoms with Crippen molar-refractivity contribution in [3.05, 3.63) is 16.3 Å². The molecule has 1 heterocycles. The first-order chi connectivity index (χ1) is 10.0. The van der Waals surface area contributed by atoms with E-state index in [0.29, 0.717) is 17.5 Å². The van der Waals surface area contributed by atoms with Crippen molar-refractivity contribution in [1.82, 2.24) is 10.0 Å². The predicted octanol–water partition coefficient (Wildman–Crippen LogP) is 3.25. The molecular formula is C15H26N2O2S2. The normalized spacial score (nSPS) is 17.0. The highest BCUT2D eigenvalue weighted by molar-refractivity contribution is 7.89. The Labute approximate surface area is 132 Å². The molecule has 0 aliphatic heterocycles. The van der Waals surface area contributed by atoms with Gasteiger partial charge < -0.3 is 5.32 Å². The fraction of sp³-hybridized carbons (Fsp3) is 0.733. The smallest absolute Gasteiger partial charge is 0.241 e. The van der Waals surface area contributed by atoms with Gasteiger partial charge in [-0.25, -0.2) is 13.1 Å². The molecule has 0 amide bonds. The number of hydrogen-bond acceptors (Lipinski definition) is 4. The van der Waals surface area contributed by atoms with Crippen LogP contribution in [0.5, 0.6) is 0 Å². The van der Waals surface area contributed by atoms with Crippen LogP contribution in [0.2, 0.25) is 0 Å². The van der Waals surface area contributed by atoms with Gasteiger partial charge in [0.15, 0.2) is 0 Å². The molecule has 1 atom stereocenters. The highest BCUT2D eigenvalue weighted by atomic mass is 32.2. The minimum atomic E-state index is -3.39. The van der Waals surface area contributed by atoms with Gasteiger partial charge in [0, 0.05) is 23.5 Å². The van der Waals surface area contributed by atoms with Gasteiger partial charge in [-0.1, -0.05) is 26.2 Å². The molecule has 0 radical (unpaired) electrons. The Balaban J connectivity index is 1.93. The largest absolute Gasteiger partial charge is 0.309 e. The average Bonchev–Trinajstić information content (AvgIpc) is 3.12. The van der Waals surface area contributed by atoms with Crippen molar-refractivity contribution < 1.29 is 8.42 Å². The summed E-state index contributed by atoms with van der Waals surface area (Å²) in [6, 6.07) is 2.30. The Morgan fingerprint density at radius 3 is 2.81 bits per heavy atom. The summed E-state index contributed by atoms with van der Waals surface area (Å²) in [6.45, 7) is 4.75. The summed E-state index contributed by atoms with van der Waals surface area (Å²) < 4.78 is 27.8. The van der Waals surface area contributed by atoms with Crippen molar-refractivity contribution in [2.24, 2.45) is 0 Å². The van der Waals surface area contributed by atoms with Crippen molar-refractivity contribution in [3.63, 3.8) is 0 Å². The summed E-state index contributed by atoms with van der Waals surface area (Å²) in [5, 5.41) is 5.25. The number of nitrogens with one attached hydrogen (secondary N) is 2. The van der Waals surface area contributed by atoms with E-state index >= 15 is 0 Å². The third kappa shape index (κ3) is 5.36. The van der Waals surface area contributed by atoms with Crippen molar-refractivity contribution >= 4 is 21.4 Å². The van der Waals surface area contributed by atoms with Crippen molar-refractivity contribution in [2.45, 2.75) is 75.9 Å². The summed E-state index contributed by atoms with van der Waals surface area (Å²) in [7, 11) is -3.39. The topological polar surface area (TPSA) is 58.2 Å². The number of unbranched alkanes of at least 4 members (excludes halogenated alkanes) is 2. The second-order valence-electron chi connectivity index (χ2n) is 5.88. The molecule has 120 valence electrons.